The Bertz CT molecular complexity index is 742. The monoisotopic (exact) mass is 335 g/mol. The number of fused-ring (bicyclic) bond motifs is 1. The zero-order valence-electron chi connectivity index (χ0n) is 13.2. The number of hydrogen-bond acceptors (Lipinski definition) is 5. The average Bonchev–Trinajstić information content (AvgIpc) is 2.80. The third-order valence-electron chi connectivity index (χ3n) is 3.76. The summed E-state index contributed by atoms with van der Waals surface area (Å²) in [5, 5.41) is 9.97. The lowest BCUT2D eigenvalue weighted by atomic mass is 9.98. The van der Waals surface area contributed by atoms with Gasteiger partial charge in [-0.25, -0.2) is 4.98 Å². The van der Waals surface area contributed by atoms with Crippen LogP contribution in [0.15, 0.2) is 9.95 Å². The summed E-state index contributed by atoms with van der Waals surface area (Å²) in [6, 6.07) is 2.13. The van der Waals surface area contributed by atoms with Crippen LogP contribution in [-0.2, 0) is 6.42 Å². The molecule has 2 heterocycles. The highest BCUT2D eigenvalue weighted by Crippen LogP contribution is 2.30. The van der Waals surface area contributed by atoms with Gasteiger partial charge < -0.3 is 4.98 Å². The Balaban J connectivity index is 2.29. The van der Waals surface area contributed by atoms with Gasteiger partial charge in [-0.05, 0) is 31.2 Å². The second kappa shape index (κ2) is 7.80. The highest BCUT2D eigenvalue weighted by atomic mass is 32.2. The highest BCUT2D eigenvalue weighted by molar-refractivity contribution is 7.99. The predicted octanol–water partition coefficient (Wildman–Crippen LogP) is 4.28. The van der Waals surface area contributed by atoms with Gasteiger partial charge in [0.2, 0.25) is 0 Å². The van der Waals surface area contributed by atoms with Crippen LogP contribution < -0.4 is 5.56 Å². The van der Waals surface area contributed by atoms with E-state index in [9.17, 15) is 4.79 Å². The first kappa shape index (κ1) is 17.0. The summed E-state index contributed by atoms with van der Waals surface area (Å²) in [6.07, 6.45) is 3.39. The molecule has 0 fully saturated rings. The van der Waals surface area contributed by atoms with Gasteiger partial charge in [-0.1, -0.05) is 32.0 Å². The van der Waals surface area contributed by atoms with Crippen LogP contribution in [0, 0.1) is 24.2 Å². The first-order valence-electron chi connectivity index (χ1n) is 7.58. The minimum absolute atomic E-state index is 0.0320. The van der Waals surface area contributed by atoms with Crippen LogP contribution >= 0.6 is 23.1 Å². The molecule has 0 saturated carbocycles. The second-order valence-electron chi connectivity index (χ2n) is 5.52. The minimum atomic E-state index is -0.0320. The molecular formula is C16H21N3OS2. The van der Waals surface area contributed by atoms with Gasteiger partial charge in [0.05, 0.1) is 11.5 Å². The van der Waals surface area contributed by atoms with Gasteiger partial charge in [0, 0.05) is 17.1 Å². The van der Waals surface area contributed by atoms with Crippen LogP contribution in [-0.4, -0.2) is 15.7 Å². The van der Waals surface area contributed by atoms with E-state index in [2.05, 4.69) is 36.8 Å². The Labute approximate surface area is 139 Å². The summed E-state index contributed by atoms with van der Waals surface area (Å²) in [7, 11) is 0. The van der Waals surface area contributed by atoms with Gasteiger partial charge in [-0.15, -0.1) is 11.3 Å². The normalized spacial score (nSPS) is 12.5. The van der Waals surface area contributed by atoms with Crippen molar-refractivity contribution in [1.29, 1.82) is 5.26 Å². The fourth-order valence-electron chi connectivity index (χ4n) is 2.28. The molecule has 0 aliphatic carbocycles. The third kappa shape index (κ3) is 3.90. The van der Waals surface area contributed by atoms with Crippen LogP contribution in [0.1, 0.15) is 43.6 Å². The number of aromatic nitrogens is 2. The Morgan fingerprint density at radius 1 is 1.50 bits per heavy atom. The smallest absolute Gasteiger partial charge is 0.260 e. The minimum Gasteiger partial charge on any atom is -0.301 e. The highest BCUT2D eigenvalue weighted by Gasteiger charge is 2.16. The van der Waals surface area contributed by atoms with Gasteiger partial charge >= 0.3 is 0 Å². The van der Waals surface area contributed by atoms with Crippen molar-refractivity contribution in [3.8, 4) is 6.07 Å². The molecule has 0 aliphatic rings. The van der Waals surface area contributed by atoms with Gasteiger partial charge in [-0.3, -0.25) is 4.79 Å². The first-order valence-corrected chi connectivity index (χ1v) is 9.39. The number of aromatic amines is 1. The number of H-pyrrole nitrogens is 1. The molecule has 118 valence electrons. The standard InChI is InChI=1S/C16H21N3OS2/c1-4-10(2)9-12-11(3)22-15-13(12)14(20)18-16(19-15)21-8-6-5-7-17/h10H,4-6,8-9H2,1-3H3,(H,18,19,20)/t10-/m0/s1. The van der Waals surface area contributed by atoms with Crippen molar-refractivity contribution in [3.63, 3.8) is 0 Å². The molecule has 0 radical (unpaired) electrons. The molecule has 0 amide bonds. The van der Waals surface area contributed by atoms with Crippen LogP contribution in [0.25, 0.3) is 10.2 Å². The van der Waals surface area contributed by atoms with Crippen molar-refractivity contribution in [2.24, 2.45) is 5.92 Å². The van der Waals surface area contributed by atoms with Crippen LogP contribution in [0.4, 0.5) is 0 Å². The lowest BCUT2D eigenvalue weighted by Gasteiger charge is -2.08. The number of nitrogens with zero attached hydrogens (tertiary/aromatic N) is 2. The molecule has 1 atom stereocenters. The van der Waals surface area contributed by atoms with E-state index in [1.807, 2.05) is 0 Å². The zero-order chi connectivity index (χ0) is 16.1. The number of thioether (sulfide) groups is 1. The van der Waals surface area contributed by atoms with E-state index in [4.69, 9.17) is 5.26 Å². The van der Waals surface area contributed by atoms with Crippen LogP contribution in [0.5, 0.6) is 0 Å². The largest absolute Gasteiger partial charge is 0.301 e. The van der Waals surface area contributed by atoms with Crippen LogP contribution in [0.2, 0.25) is 0 Å². The number of unbranched alkanes of at least 4 members (excludes halogenated alkanes) is 1. The van der Waals surface area contributed by atoms with Crippen molar-refractivity contribution in [2.75, 3.05) is 5.75 Å². The molecule has 1 N–H and O–H groups in total. The lowest BCUT2D eigenvalue weighted by Crippen LogP contribution is -2.11. The maximum atomic E-state index is 12.4. The summed E-state index contributed by atoms with van der Waals surface area (Å²) >= 11 is 3.12. The number of nitrogens with one attached hydrogen (secondary N) is 1. The van der Waals surface area contributed by atoms with Crippen molar-refractivity contribution in [3.05, 3.63) is 20.8 Å². The summed E-state index contributed by atoms with van der Waals surface area (Å²) in [5.41, 5.74) is 1.12. The van der Waals surface area contributed by atoms with Gasteiger partial charge in [-0.2, -0.15) is 5.26 Å². The molecule has 6 heteroatoms. The molecule has 0 unspecified atom stereocenters. The first-order chi connectivity index (χ1) is 10.6. The Morgan fingerprint density at radius 3 is 2.95 bits per heavy atom. The Hall–Kier alpha value is -1.32. The topological polar surface area (TPSA) is 69.5 Å². The molecule has 0 spiro atoms. The van der Waals surface area contributed by atoms with Crippen molar-refractivity contribution < 1.29 is 0 Å². The summed E-state index contributed by atoms with van der Waals surface area (Å²) in [5.74, 6) is 1.36. The maximum absolute atomic E-state index is 12.4. The van der Waals surface area contributed by atoms with E-state index >= 15 is 0 Å². The van der Waals surface area contributed by atoms with Gasteiger partial charge in [0.1, 0.15) is 4.83 Å². The molecule has 0 bridgehead atoms. The van der Waals surface area contributed by atoms with E-state index in [1.165, 1.54) is 16.6 Å². The molecule has 2 aromatic heterocycles. The molecule has 2 aromatic rings. The number of nitriles is 1. The van der Waals surface area contributed by atoms with E-state index in [0.29, 0.717) is 17.5 Å². The SMILES string of the molecule is CC[C@H](C)Cc1c(C)sc2nc(SCCCC#N)[nH]c(=O)c12. The molecular weight excluding hydrogens is 314 g/mol. The molecule has 0 aliphatic heterocycles. The van der Waals surface area contributed by atoms with Gasteiger partial charge in [0.25, 0.3) is 5.56 Å². The van der Waals surface area contributed by atoms with Crippen molar-refractivity contribution >= 4 is 33.3 Å². The van der Waals surface area contributed by atoms with E-state index in [0.717, 1.165) is 40.8 Å². The number of hydrogen-bond donors (Lipinski definition) is 1. The summed E-state index contributed by atoms with van der Waals surface area (Å²) in [6.45, 7) is 6.46. The van der Waals surface area contributed by atoms with E-state index in [-0.39, 0.29) is 5.56 Å². The summed E-state index contributed by atoms with van der Waals surface area (Å²) < 4.78 is 0. The predicted molar refractivity (Wildman–Crippen MR) is 93.7 cm³/mol. The Kier molecular flexibility index (Phi) is 6.04. The lowest BCUT2D eigenvalue weighted by molar-refractivity contribution is 0.561. The molecule has 0 saturated heterocycles. The number of thiophene rings is 1. The van der Waals surface area contributed by atoms with Crippen molar-refractivity contribution in [1.82, 2.24) is 9.97 Å². The van der Waals surface area contributed by atoms with Crippen LogP contribution in [0.3, 0.4) is 0 Å². The fourth-order valence-corrected chi connectivity index (χ4v) is 4.20. The zero-order valence-corrected chi connectivity index (χ0v) is 14.9. The van der Waals surface area contributed by atoms with E-state index < -0.39 is 0 Å². The number of aryl methyl sites for hydroxylation is 1. The molecule has 4 nitrogen and oxygen atoms in total. The average molecular weight is 335 g/mol. The quantitative estimate of drug-likeness (QED) is 0.466. The maximum Gasteiger partial charge on any atom is 0.260 e. The van der Waals surface area contributed by atoms with Crippen molar-refractivity contribution in [2.45, 2.75) is 51.6 Å². The van der Waals surface area contributed by atoms with E-state index in [1.54, 1.807) is 11.3 Å². The summed E-state index contributed by atoms with van der Waals surface area (Å²) in [4.78, 5) is 22.0. The number of rotatable bonds is 7. The van der Waals surface area contributed by atoms with Gasteiger partial charge in [0.15, 0.2) is 5.16 Å². The molecule has 0 aromatic carbocycles. The fraction of sp³-hybridized carbons (Fsp3) is 0.562. The molecule has 2 rings (SSSR count). The second-order valence-corrected chi connectivity index (χ2v) is 7.80. The third-order valence-corrected chi connectivity index (χ3v) is 5.76. The molecule has 22 heavy (non-hydrogen) atoms. The Morgan fingerprint density at radius 2 is 2.27 bits per heavy atom.